The smallest absolute Gasteiger partial charge is 0.217 e. The van der Waals surface area contributed by atoms with Gasteiger partial charge in [-0.1, -0.05) is 25.1 Å². The topological polar surface area (TPSA) is 100 Å². The summed E-state index contributed by atoms with van der Waals surface area (Å²) in [6.07, 6.45) is 2.94. The summed E-state index contributed by atoms with van der Waals surface area (Å²) >= 11 is 1.71. The van der Waals surface area contributed by atoms with E-state index in [1.807, 2.05) is 36.4 Å². The first-order chi connectivity index (χ1) is 22.3. The Morgan fingerprint density at radius 1 is 0.935 bits per heavy atom. The van der Waals surface area contributed by atoms with Crippen molar-refractivity contribution in [2.45, 2.75) is 49.5 Å². The summed E-state index contributed by atoms with van der Waals surface area (Å²) in [5, 5.41) is 3.13. The fourth-order valence-corrected chi connectivity index (χ4v) is 8.11. The number of amides is 1. The van der Waals surface area contributed by atoms with Crippen LogP contribution in [-0.4, -0.2) is 51.9 Å². The first-order valence-corrected chi connectivity index (χ1v) is 16.3. The highest BCUT2D eigenvalue weighted by Crippen LogP contribution is 2.58. The average Bonchev–Trinajstić information content (AvgIpc) is 3.41. The zero-order chi connectivity index (χ0) is 32.7. The number of ketones is 1. The first kappa shape index (κ1) is 31.5. The number of carbonyl (C=O) groups is 2. The number of rotatable bonds is 8. The van der Waals surface area contributed by atoms with Gasteiger partial charge in [-0.15, -0.1) is 11.8 Å². The molecule has 3 atom stereocenters. The number of Topliss-reactive ketones (excluding diaryl/α,β-unsaturated/α-hetero) is 1. The summed E-state index contributed by atoms with van der Waals surface area (Å²) in [4.78, 5) is 41.9. The first-order valence-electron chi connectivity index (χ1n) is 15.3. The molecule has 8 nitrogen and oxygen atoms in total. The number of hydrogen-bond acceptors (Lipinski definition) is 8. The fraction of sp³-hybridized carbons (Fsp3) is 0.324. The summed E-state index contributed by atoms with van der Waals surface area (Å²) in [5.41, 5.74) is 6.26. The zero-order valence-corrected chi connectivity index (χ0v) is 27.6. The minimum atomic E-state index is -0.872. The van der Waals surface area contributed by atoms with Gasteiger partial charge in [-0.2, -0.15) is 0 Å². The number of carbonyl (C=O) groups excluding carboxylic acids is 2. The van der Waals surface area contributed by atoms with Gasteiger partial charge in [0.1, 0.15) is 0 Å². The van der Waals surface area contributed by atoms with Crippen molar-refractivity contribution in [2.24, 2.45) is 0 Å². The molecule has 3 aromatic rings. The number of methoxy groups -OCH3 is 4. The van der Waals surface area contributed by atoms with Crippen molar-refractivity contribution in [3.63, 3.8) is 0 Å². The molecule has 0 saturated carbocycles. The van der Waals surface area contributed by atoms with Gasteiger partial charge in [0.25, 0.3) is 0 Å². The van der Waals surface area contributed by atoms with E-state index in [1.165, 1.54) is 14.0 Å². The number of hydrogen-bond donors (Lipinski definition) is 1. The van der Waals surface area contributed by atoms with Crippen LogP contribution in [0.5, 0.6) is 17.2 Å². The molecule has 46 heavy (non-hydrogen) atoms. The van der Waals surface area contributed by atoms with E-state index in [-0.39, 0.29) is 22.9 Å². The van der Waals surface area contributed by atoms with E-state index >= 15 is 0 Å². The van der Waals surface area contributed by atoms with Gasteiger partial charge in [0.15, 0.2) is 22.7 Å². The number of aryl methyl sites for hydroxylation is 1. The van der Waals surface area contributed by atoms with Crippen LogP contribution in [-0.2, 0) is 20.7 Å². The molecule has 0 unspecified atom stereocenters. The summed E-state index contributed by atoms with van der Waals surface area (Å²) < 4.78 is 23.4. The molecule has 7 rings (SSSR count). The van der Waals surface area contributed by atoms with Crippen LogP contribution in [0.25, 0.3) is 16.7 Å². The normalized spacial score (nSPS) is 19.6. The largest absolute Gasteiger partial charge is 0.493 e. The fourth-order valence-electron chi connectivity index (χ4n) is 7.28. The van der Waals surface area contributed by atoms with Crippen molar-refractivity contribution in [3.8, 4) is 28.4 Å². The lowest BCUT2D eigenvalue weighted by atomic mass is 9.69. The molecule has 1 N–H and O–H groups in total. The molecule has 0 saturated heterocycles. The van der Waals surface area contributed by atoms with Gasteiger partial charge < -0.3 is 24.3 Å². The van der Waals surface area contributed by atoms with Gasteiger partial charge in [-0.25, -0.2) is 0 Å². The average molecular weight is 640 g/mol. The van der Waals surface area contributed by atoms with Crippen LogP contribution in [0.15, 0.2) is 75.6 Å². The van der Waals surface area contributed by atoms with E-state index < -0.39 is 17.9 Å². The predicted molar refractivity (Wildman–Crippen MR) is 179 cm³/mol. The highest BCUT2D eigenvalue weighted by atomic mass is 32.2. The Kier molecular flexibility index (Phi) is 8.70. The SMILES string of the molecule is CCSc1ccccc1-c1cc2c(cc(=O)c1)[C@@H]1C(=O)C(OC)=C[C@H]2C2=C1[C@@H](NC(C)=O)CCc1cc(OC)c(OC)c(OC)c12. The Hall–Kier alpha value is -4.50. The van der Waals surface area contributed by atoms with Gasteiger partial charge in [0.2, 0.25) is 17.4 Å². The van der Waals surface area contributed by atoms with Crippen LogP contribution in [0, 0.1) is 0 Å². The van der Waals surface area contributed by atoms with Gasteiger partial charge in [-0.3, -0.25) is 14.4 Å². The van der Waals surface area contributed by atoms with Crippen LogP contribution >= 0.6 is 11.8 Å². The van der Waals surface area contributed by atoms with Gasteiger partial charge >= 0.3 is 0 Å². The van der Waals surface area contributed by atoms with E-state index in [2.05, 4.69) is 18.3 Å². The number of fused-ring (bicyclic) bond motifs is 2. The molecule has 0 aliphatic heterocycles. The Morgan fingerprint density at radius 2 is 1.70 bits per heavy atom. The highest BCUT2D eigenvalue weighted by molar-refractivity contribution is 7.99. The second-order valence-electron chi connectivity index (χ2n) is 11.5. The standard InChI is InChI=1S/C37H37NO7S/c1-7-46-30-11-9-8-10-23(30)21-14-22(40)17-25-24(15-21)26-18-28(42-3)35(41)33(25)34-27(38-19(2)39)13-12-20-16-29(43-4)36(44-5)37(45-6)31(20)32(26)34/h8-11,14-18,26-27,33H,7,12-13H2,1-6H3,(H,38,39)/t26-,27+,33+/m1/s1. The van der Waals surface area contributed by atoms with Crippen LogP contribution < -0.4 is 25.0 Å². The number of nitrogens with one attached hydrogen (secondary N) is 1. The van der Waals surface area contributed by atoms with Crippen molar-refractivity contribution >= 4 is 29.0 Å². The Morgan fingerprint density at radius 3 is 2.37 bits per heavy atom. The lowest BCUT2D eigenvalue weighted by molar-refractivity contribution is -0.121. The molecule has 238 valence electrons. The van der Waals surface area contributed by atoms with Crippen molar-refractivity contribution in [3.05, 3.63) is 98.4 Å². The maximum atomic E-state index is 14.5. The lowest BCUT2D eigenvalue weighted by Crippen LogP contribution is -2.39. The zero-order valence-electron chi connectivity index (χ0n) is 26.8. The summed E-state index contributed by atoms with van der Waals surface area (Å²) in [5.74, 6) is 0.663. The molecule has 1 amide bonds. The quantitative estimate of drug-likeness (QED) is 0.298. The number of allylic oxidation sites excluding steroid dienone is 3. The Labute approximate surface area is 272 Å². The van der Waals surface area contributed by atoms with Crippen LogP contribution in [0.4, 0.5) is 0 Å². The minimum Gasteiger partial charge on any atom is -0.493 e. The second-order valence-corrected chi connectivity index (χ2v) is 12.8. The number of thioether (sulfide) groups is 1. The van der Waals surface area contributed by atoms with E-state index in [1.54, 1.807) is 45.2 Å². The number of ether oxygens (including phenoxy) is 4. The molecule has 2 bridgehead atoms. The maximum Gasteiger partial charge on any atom is 0.217 e. The van der Waals surface area contributed by atoms with Gasteiger partial charge in [0, 0.05) is 23.3 Å². The molecule has 0 aromatic heterocycles. The molecular weight excluding hydrogens is 602 g/mol. The molecule has 4 aliphatic rings. The van der Waals surface area contributed by atoms with E-state index in [0.717, 1.165) is 49.6 Å². The molecule has 0 radical (unpaired) electrons. The second kappa shape index (κ2) is 12.7. The number of benzene rings is 2. The minimum absolute atomic E-state index is 0.205. The summed E-state index contributed by atoms with van der Waals surface area (Å²) in [6.45, 7) is 3.57. The third-order valence-electron chi connectivity index (χ3n) is 9.00. The van der Waals surface area contributed by atoms with Gasteiger partial charge in [-0.05, 0) is 94.0 Å². The van der Waals surface area contributed by atoms with Crippen LogP contribution in [0.1, 0.15) is 54.4 Å². The van der Waals surface area contributed by atoms with Crippen molar-refractivity contribution in [1.82, 2.24) is 5.32 Å². The molecular formula is C37H37NO7S. The third kappa shape index (κ3) is 5.16. The molecule has 0 fully saturated rings. The Bertz CT molecular complexity index is 1880. The molecule has 9 heteroatoms. The van der Waals surface area contributed by atoms with Gasteiger partial charge in [0.05, 0.1) is 40.4 Å². The predicted octanol–water partition coefficient (Wildman–Crippen LogP) is 6.05. The molecule has 3 aromatic carbocycles. The van der Waals surface area contributed by atoms with E-state index in [0.29, 0.717) is 35.7 Å². The van der Waals surface area contributed by atoms with Crippen LogP contribution in [0.2, 0.25) is 0 Å². The van der Waals surface area contributed by atoms with Crippen molar-refractivity contribution in [1.29, 1.82) is 0 Å². The molecule has 0 heterocycles. The van der Waals surface area contributed by atoms with E-state index in [4.69, 9.17) is 18.9 Å². The monoisotopic (exact) mass is 639 g/mol. The lowest BCUT2D eigenvalue weighted by Gasteiger charge is -2.35. The molecule has 4 aliphatic carbocycles. The highest BCUT2D eigenvalue weighted by Gasteiger charge is 2.48. The van der Waals surface area contributed by atoms with Crippen LogP contribution in [0.3, 0.4) is 0 Å². The summed E-state index contributed by atoms with van der Waals surface area (Å²) in [7, 11) is 6.22. The van der Waals surface area contributed by atoms with Crippen molar-refractivity contribution < 1.29 is 28.5 Å². The third-order valence-corrected chi connectivity index (χ3v) is 9.95. The maximum absolute atomic E-state index is 14.5. The van der Waals surface area contributed by atoms with E-state index in [9.17, 15) is 14.4 Å². The Balaban J connectivity index is 1.75. The summed E-state index contributed by atoms with van der Waals surface area (Å²) in [6, 6.07) is 14.8. The molecule has 0 spiro atoms. The van der Waals surface area contributed by atoms with Crippen molar-refractivity contribution in [2.75, 3.05) is 34.2 Å².